The number of esters is 1. The molecule has 0 saturated heterocycles. The maximum absolute atomic E-state index is 13.7. The van der Waals surface area contributed by atoms with E-state index in [9.17, 15) is 17.6 Å². The van der Waals surface area contributed by atoms with Crippen molar-refractivity contribution < 1.29 is 36.0 Å². The predicted octanol–water partition coefficient (Wildman–Crippen LogP) is 0.728. The summed E-state index contributed by atoms with van der Waals surface area (Å²) in [5.41, 5.74) is -0.301. The second-order valence-corrected chi connectivity index (χ2v) is 5.95. The summed E-state index contributed by atoms with van der Waals surface area (Å²) in [6.45, 7) is -0.247. The molecule has 9 heteroatoms. The van der Waals surface area contributed by atoms with Crippen LogP contribution in [0.2, 0.25) is 0 Å². The van der Waals surface area contributed by atoms with E-state index >= 15 is 0 Å². The fraction of sp³-hybridized carbons (Fsp3) is 0.417. The standard InChI is InChI=1S/C12H13FO7S/c1-17-12(14)8-3-11-10(4-9(8)13)18-5-7(20-11)6-19-21(2,15)16/h3-4,7H,5-6H2,1-2H3. The van der Waals surface area contributed by atoms with Gasteiger partial charge in [-0.15, -0.1) is 0 Å². The van der Waals surface area contributed by atoms with E-state index in [1.165, 1.54) is 0 Å². The number of methoxy groups -OCH3 is 1. The van der Waals surface area contributed by atoms with Crippen LogP contribution < -0.4 is 9.47 Å². The first-order chi connectivity index (χ1) is 9.80. The van der Waals surface area contributed by atoms with Gasteiger partial charge in [-0.2, -0.15) is 8.42 Å². The number of carbonyl (C=O) groups excluding carboxylic acids is 1. The van der Waals surface area contributed by atoms with Crippen LogP contribution in [0.25, 0.3) is 0 Å². The molecule has 0 spiro atoms. The minimum atomic E-state index is -3.60. The largest absolute Gasteiger partial charge is 0.486 e. The van der Waals surface area contributed by atoms with Gasteiger partial charge in [-0.1, -0.05) is 0 Å². The number of ether oxygens (including phenoxy) is 3. The van der Waals surface area contributed by atoms with Crippen LogP contribution in [-0.4, -0.2) is 47.1 Å². The summed E-state index contributed by atoms with van der Waals surface area (Å²) >= 11 is 0. The average Bonchev–Trinajstić information content (AvgIpc) is 2.42. The van der Waals surface area contributed by atoms with E-state index in [-0.39, 0.29) is 30.3 Å². The van der Waals surface area contributed by atoms with Crippen LogP contribution in [0.1, 0.15) is 10.4 Å². The normalized spacial score (nSPS) is 17.4. The zero-order valence-corrected chi connectivity index (χ0v) is 12.1. The van der Waals surface area contributed by atoms with Gasteiger partial charge in [0.1, 0.15) is 19.0 Å². The summed E-state index contributed by atoms with van der Waals surface area (Å²) in [6, 6.07) is 2.15. The molecule has 116 valence electrons. The highest BCUT2D eigenvalue weighted by molar-refractivity contribution is 7.85. The molecule has 0 radical (unpaired) electrons. The summed E-state index contributed by atoms with van der Waals surface area (Å²) < 4.78 is 55.3. The number of benzene rings is 1. The van der Waals surface area contributed by atoms with Crippen molar-refractivity contribution >= 4 is 16.1 Å². The van der Waals surface area contributed by atoms with Crippen LogP contribution in [0.5, 0.6) is 11.5 Å². The Morgan fingerprint density at radius 1 is 1.43 bits per heavy atom. The first-order valence-electron chi connectivity index (χ1n) is 5.86. The topological polar surface area (TPSA) is 88.1 Å². The lowest BCUT2D eigenvalue weighted by molar-refractivity contribution is 0.0534. The van der Waals surface area contributed by atoms with Crippen molar-refractivity contribution in [1.29, 1.82) is 0 Å². The van der Waals surface area contributed by atoms with Crippen molar-refractivity contribution in [2.75, 3.05) is 26.6 Å². The molecule has 0 saturated carbocycles. The van der Waals surface area contributed by atoms with Gasteiger partial charge in [-0.3, -0.25) is 4.18 Å². The maximum atomic E-state index is 13.7. The molecule has 1 aromatic rings. The van der Waals surface area contributed by atoms with Gasteiger partial charge >= 0.3 is 5.97 Å². The number of fused-ring (bicyclic) bond motifs is 1. The second-order valence-electron chi connectivity index (χ2n) is 4.31. The highest BCUT2D eigenvalue weighted by Crippen LogP contribution is 2.34. The molecule has 21 heavy (non-hydrogen) atoms. The third-order valence-electron chi connectivity index (χ3n) is 2.63. The molecule has 1 aliphatic heterocycles. The van der Waals surface area contributed by atoms with Crippen LogP contribution in [0.4, 0.5) is 4.39 Å². The molecule has 1 aromatic carbocycles. The predicted molar refractivity (Wildman–Crippen MR) is 68.4 cm³/mol. The van der Waals surface area contributed by atoms with Gasteiger partial charge in [0.05, 0.1) is 18.9 Å². The van der Waals surface area contributed by atoms with Gasteiger partial charge < -0.3 is 14.2 Å². The van der Waals surface area contributed by atoms with Crippen molar-refractivity contribution in [1.82, 2.24) is 0 Å². The lowest BCUT2D eigenvalue weighted by Crippen LogP contribution is -2.34. The number of hydrogen-bond acceptors (Lipinski definition) is 7. The Hall–Kier alpha value is -1.87. The zero-order chi connectivity index (χ0) is 15.6. The van der Waals surface area contributed by atoms with Crippen molar-refractivity contribution in [2.24, 2.45) is 0 Å². The molecule has 1 aliphatic rings. The number of hydrogen-bond donors (Lipinski definition) is 0. The maximum Gasteiger partial charge on any atom is 0.340 e. The highest BCUT2D eigenvalue weighted by Gasteiger charge is 2.26. The first kappa shape index (κ1) is 15.5. The summed E-state index contributed by atoms with van der Waals surface area (Å²) in [5.74, 6) is -1.41. The Labute approximate surface area is 120 Å². The van der Waals surface area contributed by atoms with E-state index in [0.29, 0.717) is 0 Å². The Morgan fingerprint density at radius 3 is 2.76 bits per heavy atom. The molecule has 7 nitrogen and oxygen atoms in total. The molecule has 1 atom stereocenters. The molecule has 0 aliphatic carbocycles. The molecular formula is C12H13FO7S. The van der Waals surface area contributed by atoms with E-state index in [0.717, 1.165) is 25.5 Å². The van der Waals surface area contributed by atoms with E-state index in [1.54, 1.807) is 0 Å². The third kappa shape index (κ3) is 3.82. The molecular weight excluding hydrogens is 307 g/mol. The van der Waals surface area contributed by atoms with E-state index in [4.69, 9.17) is 9.47 Å². The molecule has 0 N–H and O–H groups in total. The van der Waals surface area contributed by atoms with Crippen LogP contribution >= 0.6 is 0 Å². The fourth-order valence-electron chi connectivity index (χ4n) is 1.68. The van der Waals surface area contributed by atoms with Crippen molar-refractivity contribution in [3.05, 3.63) is 23.5 Å². The van der Waals surface area contributed by atoms with Crippen LogP contribution in [0.3, 0.4) is 0 Å². The quantitative estimate of drug-likeness (QED) is 0.597. The Bertz CT molecular complexity index is 656. The van der Waals surface area contributed by atoms with Gasteiger partial charge in [0.25, 0.3) is 10.1 Å². The summed E-state index contributed by atoms with van der Waals surface area (Å²) in [7, 11) is -2.48. The van der Waals surface area contributed by atoms with Gasteiger partial charge in [-0.25, -0.2) is 9.18 Å². The monoisotopic (exact) mass is 320 g/mol. The molecule has 2 rings (SSSR count). The second kappa shape index (κ2) is 5.86. The lowest BCUT2D eigenvalue weighted by Gasteiger charge is -2.26. The van der Waals surface area contributed by atoms with Crippen molar-refractivity contribution in [3.8, 4) is 11.5 Å². The van der Waals surface area contributed by atoms with E-state index < -0.39 is 28.0 Å². The van der Waals surface area contributed by atoms with Crippen molar-refractivity contribution in [2.45, 2.75) is 6.10 Å². The van der Waals surface area contributed by atoms with Gasteiger partial charge in [-0.05, 0) is 0 Å². The van der Waals surface area contributed by atoms with Crippen LogP contribution in [0.15, 0.2) is 12.1 Å². The van der Waals surface area contributed by atoms with Gasteiger partial charge in [0.15, 0.2) is 17.6 Å². The molecule has 0 aromatic heterocycles. The number of carbonyl (C=O) groups is 1. The average molecular weight is 320 g/mol. The number of halogens is 1. The van der Waals surface area contributed by atoms with Crippen LogP contribution in [-0.2, 0) is 19.0 Å². The molecule has 0 amide bonds. The Morgan fingerprint density at radius 2 is 2.14 bits per heavy atom. The zero-order valence-electron chi connectivity index (χ0n) is 11.3. The Balaban J connectivity index is 2.17. The SMILES string of the molecule is COC(=O)c1cc2c(cc1F)OCC(COS(C)(=O)=O)O2. The minimum Gasteiger partial charge on any atom is -0.486 e. The van der Waals surface area contributed by atoms with Gasteiger partial charge in [0, 0.05) is 12.1 Å². The minimum absolute atomic E-state index is 0.000465. The summed E-state index contributed by atoms with van der Waals surface area (Å²) in [6.07, 6.45) is 0.221. The lowest BCUT2D eigenvalue weighted by atomic mass is 10.1. The fourth-order valence-corrected chi connectivity index (χ4v) is 2.08. The van der Waals surface area contributed by atoms with Crippen molar-refractivity contribution in [3.63, 3.8) is 0 Å². The van der Waals surface area contributed by atoms with E-state index in [1.807, 2.05) is 0 Å². The third-order valence-corrected chi connectivity index (χ3v) is 3.19. The smallest absolute Gasteiger partial charge is 0.340 e. The molecule has 0 fully saturated rings. The molecule has 0 bridgehead atoms. The molecule has 1 unspecified atom stereocenters. The van der Waals surface area contributed by atoms with Gasteiger partial charge in [0.2, 0.25) is 0 Å². The highest BCUT2D eigenvalue weighted by atomic mass is 32.2. The molecule has 1 heterocycles. The van der Waals surface area contributed by atoms with Crippen LogP contribution in [0, 0.1) is 5.82 Å². The summed E-state index contributed by atoms with van der Waals surface area (Å²) in [5, 5.41) is 0. The first-order valence-corrected chi connectivity index (χ1v) is 7.67. The number of rotatable bonds is 4. The Kier molecular flexibility index (Phi) is 4.33. The summed E-state index contributed by atoms with van der Waals surface area (Å²) in [4.78, 5) is 11.4. The van der Waals surface area contributed by atoms with E-state index in [2.05, 4.69) is 8.92 Å².